The van der Waals surface area contributed by atoms with Crippen molar-refractivity contribution in [1.82, 2.24) is 15.6 Å². The van der Waals surface area contributed by atoms with Crippen LogP contribution in [0.25, 0.3) is 0 Å². The molecule has 150 valence electrons. The average molecular weight is 379 g/mol. The van der Waals surface area contributed by atoms with Gasteiger partial charge in [-0.05, 0) is 32.1 Å². The lowest BCUT2D eigenvalue weighted by molar-refractivity contribution is -0.135. The van der Waals surface area contributed by atoms with Gasteiger partial charge in [-0.2, -0.15) is 0 Å². The number of carbonyl (C=O) groups excluding carboxylic acids is 2. The first-order valence-corrected chi connectivity index (χ1v) is 9.55. The van der Waals surface area contributed by atoms with Gasteiger partial charge in [0.25, 0.3) is 5.91 Å². The molecule has 2 amide bonds. The van der Waals surface area contributed by atoms with Crippen molar-refractivity contribution in [3.05, 3.63) is 17.3 Å². The van der Waals surface area contributed by atoms with E-state index in [0.29, 0.717) is 12.2 Å². The summed E-state index contributed by atoms with van der Waals surface area (Å²) in [6, 6.07) is -0.417. The second-order valence-corrected chi connectivity index (χ2v) is 7.56. The van der Waals surface area contributed by atoms with Crippen LogP contribution in [0.15, 0.2) is 4.42 Å². The Hall–Kier alpha value is -2.38. The van der Waals surface area contributed by atoms with E-state index in [-0.39, 0.29) is 29.3 Å². The van der Waals surface area contributed by atoms with Gasteiger partial charge in [0.2, 0.25) is 11.8 Å². The second kappa shape index (κ2) is 9.53. The fourth-order valence-corrected chi connectivity index (χ4v) is 3.36. The number of aliphatic carboxylic acids is 1. The van der Waals surface area contributed by atoms with Crippen molar-refractivity contribution >= 4 is 17.8 Å². The van der Waals surface area contributed by atoms with Gasteiger partial charge in [-0.3, -0.25) is 14.4 Å². The number of hydrogen-bond donors (Lipinski definition) is 3. The summed E-state index contributed by atoms with van der Waals surface area (Å²) in [4.78, 5) is 39.6. The highest BCUT2D eigenvalue weighted by Gasteiger charge is 2.28. The zero-order valence-corrected chi connectivity index (χ0v) is 16.2. The lowest BCUT2D eigenvalue weighted by Gasteiger charge is -2.24. The third-order valence-corrected chi connectivity index (χ3v) is 4.73. The topological polar surface area (TPSA) is 122 Å². The lowest BCUT2D eigenvalue weighted by atomic mass is 9.88. The zero-order chi connectivity index (χ0) is 20.0. The van der Waals surface area contributed by atoms with Crippen molar-refractivity contribution in [1.29, 1.82) is 0 Å². The minimum Gasteiger partial charge on any atom is -0.480 e. The fraction of sp³-hybridized carbons (Fsp3) is 0.684. The summed E-state index contributed by atoms with van der Waals surface area (Å²) in [6.07, 6.45) is 5.74. The molecule has 0 radical (unpaired) electrons. The Bertz CT molecular complexity index is 677. The Morgan fingerprint density at radius 1 is 1.22 bits per heavy atom. The Kier molecular flexibility index (Phi) is 7.38. The summed E-state index contributed by atoms with van der Waals surface area (Å²) in [5.74, 6) is -0.845. The van der Waals surface area contributed by atoms with Gasteiger partial charge in [-0.15, -0.1) is 0 Å². The van der Waals surface area contributed by atoms with E-state index in [2.05, 4.69) is 15.6 Å². The van der Waals surface area contributed by atoms with Crippen LogP contribution in [0.1, 0.15) is 80.6 Å². The van der Waals surface area contributed by atoms with Crippen molar-refractivity contribution in [3.8, 4) is 0 Å². The van der Waals surface area contributed by atoms with Crippen molar-refractivity contribution < 1.29 is 23.9 Å². The van der Waals surface area contributed by atoms with E-state index in [1.54, 1.807) is 6.92 Å². The molecule has 3 N–H and O–H groups in total. The Morgan fingerprint density at radius 3 is 2.48 bits per heavy atom. The number of nitrogens with zero attached hydrogens (tertiary/aromatic N) is 1. The average Bonchev–Trinajstić information content (AvgIpc) is 3.01. The van der Waals surface area contributed by atoms with Crippen LogP contribution in [0.5, 0.6) is 0 Å². The largest absolute Gasteiger partial charge is 0.480 e. The van der Waals surface area contributed by atoms with E-state index in [4.69, 9.17) is 9.52 Å². The van der Waals surface area contributed by atoms with Gasteiger partial charge in [-0.1, -0.05) is 33.1 Å². The van der Waals surface area contributed by atoms with Crippen LogP contribution in [-0.2, 0) is 9.59 Å². The number of carbonyl (C=O) groups is 3. The van der Waals surface area contributed by atoms with Crippen LogP contribution in [0.4, 0.5) is 0 Å². The first-order chi connectivity index (χ1) is 12.8. The van der Waals surface area contributed by atoms with E-state index in [1.807, 2.05) is 13.8 Å². The lowest BCUT2D eigenvalue weighted by Crippen LogP contribution is -2.35. The van der Waals surface area contributed by atoms with Crippen molar-refractivity contribution in [3.63, 3.8) is 0 Å². The van der Waals surface area contributed by atoms with Crippen LogP contribution in [0, 0.1) is 18.8 Å². The molecule has 1 atom stereocenters. The minimum atomic E-state index is -1.14. The molecule has 1 aromatic rings. The summed E-state index contributed by atoms with van der Waals surface area (Å²) in [5.41, 5.74) is 0.0481. The van der Waals surface area contributed by atoms with Crippen molar-refractivity contribution in [2.45, 2.75) is 65.3 Å². The molecule has 0 spiro atoms. The third-order valence-electron chi connectivity index (χ3n) is 4.73. The van der Waals surface area contributed by atoms with E-state index < -0.39 is 24.5 Å². The molecule has 1 saturated carbocycles. The molecule has 1 aliphatic rings. The third kappa shape index (κ3) is 6.08. The van der Waals surface area contributed by atoms with Crippen LogP contribution in [0.3, 0.4) is 0 Å². The maximum absolute atomic E-state index is 12.6. The number of amides is 2. The molecule has 0 aliphatic heterocycles. The van der Waals surface area contributed by atoms with Crippen molar-refractivity contribution in [2.75, 3.05) is 6.54 Å². The predicted octanol–water partition coefficient (Wildman–Crippen LogP) is 2.58. The van der Waals surface area contributed by atoms with Gasteiger partial charge in [-0.25, -0.2) is 4.98 Å². The number of nitrogens with one attached hydrogen (secondary N) is 2. The Morgan fingerprint density at radius 2 is 1.89 bits per heavy atom. The van der Waals surface area contributed by atoms with Gasteiger partial charge >= 0.3 is 5.97 Å². The molecule has 2 rings (SSSR count). The summed E-state index contributed by atoms with van der Waals surface area (Å²) in [5, 5.41) is 14.0. The molecule has 27 heavy (non-hydrogen) atoms. The smallest absolute Gasteiger partial charge is 0.322 e. The van der Waals surface area contributed by atoms with Gasteiger partial charge in [0.1, 0.15) is 18.3 Å². The molecule has 1 aliphatic carbocycles. The van der Waals surface area contributed by atoms with Gasteiger partial charge in [0.15, 0.2) is 5.69 Å². The number of carboxylic acid groups (broad SMARTS) is 1. The van der Waals surface area contributed by atoms with Gasteiger partial charge in [0, 0.05) is 5.92 Å². The van der Waals surface area contributed by atoms with Crippen LogP contribution < -0.4 is 10.6 Å². The zero-order valence-electron chi connectivity index (χ0n) is 16.2. The van der Waals surface area contributed by atoms with Crippen molar-refractivity contribution in [2.24, 2.45) is 11.8 Å². The number of aryl methyl sites for hydroxylation is 1. The molecule has 0 unspecified atom stereocenters. The first kappa shape index (κ1) is 20.9. The summed E-state index contributed by atoms with van der Waals surface area (Å²) in [7, 11) is 0. The van der Waals surface area contributed by atoms with Gasteiger partial charge < -0.3 is 20.2 Å². The number of aromatic nitrogens is 1. The number of hydrogen-bond acceptors (Lipinski definition) is 5. The molecule has 0 saturated heterocycles. The highest BCUT2D eigenvalue weighted by atomic mass is 16.4. The molecular weight excluding hydrogens is 350 g/mol. The quantitative estimate of drug-likeness (QED) is 0.638. The van der Waals surface area contributed by atoms with E-state index >= 15 is 0 Å². The standard InChI is InChI=1S/C19H29N3O5/c1-11(2)9-14(21-17(25)13-7-5-4-6-8-13)19-22-16(12(3)27-19)18(26)20-10-15(23)24/h11,13-14H,4-10H2,1-3H3,(H,20,26)(H,21,25)(H,23,24)/t14-/m0/s1. The summed E-state index contributed by atoms with van der Waals surface area (Å²) in [6.45, 7) is 5.18. The molecule has 0 bridgehead atoms. The SMILES string of the molecule is Cc1oc([C@H](CC(C)C)NC(=O)C2CCCCC2)nc1C(=O)NCC(=O)O. The van der Waals surface area contributed by atoms with E-state index in [0.717, 1.165) is 25.7 Å². The van der Waals surface area contributed by atoms with Gasteiger partial charge in [0.05, 0.1) is 0 Å². The molecule has 8 nitrogen and oxygen atoms in total. The fourth-order valence-electron chi connectivity index (χ4n) is 3.36. The number of rotatable bonds is 8. The summed E-state index contributed by atoms with van der Waals surface area (Å²) < 4.78 is 5.66. The molecule has 1 aromatic heterocycles. The highest BCUT2D eigenvalue weighted by molar-refractivity contribution is 5.94. The van der Waals surface area contributed by atoms with E-state index in [9.17, 15) is 14.4 Å². The maximum atomic E-state index is 12.6. The first-order valence-electron chi connectivity index (χ1n) is 9.55. The molecule has 0 aromatic carbocycles. The van der Waals surface area contributed by atoms with Crippen LogP contribution >= 0.6 is 0 Å². The Balaban J connectivity index is 2.13. The monoisotopic (exact) mass is 379 g/mol. The van der Waals surface area contributed by atoms with Crippen LogP contribution in [0.2, 0.25) is 0 Å². The van der Waals surface area contributed by atoms with E-state index in [1.165, 1.54) is 6.42 Å². The number of oxazole rings is 1. The molecule has 1 fully saturated rings. The minimum absolute atomic E-state index is 0.00748. The Labute approximate surface area is 159 Å². The molecule has 8 heteroatoms. The normalized spacial score (nSPS) is 16.1. The molecule has 1 heterocycles. The highest BCUT2D eigenvalue weighted by Crippen LogP contribution is 2.27. The second-order valence-electron chi connectivity index (χ2n) is 7.56. The molecular formula is C19H29N3O5. The predicted molar refractivity (Wildman–Crippen MR) is 98.1 cm³/mol. The maximum Gasteiger partial charge on any atom is 0.322 e. The van der Waals surface area contributed by atoms with Crippen LogP contribution in [-0.4, -0.2) is 34.4 Å². The summed E-state index contributed by atoms with van der Waals surface area (Å²) >= 11 is 0. The number of carboxylic acids is 1.